The molecule has 1 saturated heterocycles. The molecule has 0 unspecified atom stereocenters. The quantitative estimate of drug-likeness (QED) is 0.320. The average Bonchev–Trinajstić information content (AvgIpc) is 3.41. The van der Waals surface area contributed by atoms with Gasteiger partial charge in [-0.15, -0.1) is 0 Å². The van der Waals surface area contributed by atoms with Crippen molar-refractivity contribution in [2.24, 2.45) is 23.7 Å². The van der Waals surface area contributed by atoms with Gasteiger partial charge in [-0.3, -0.25) is 9.59 Å². The Hall–Kier alpha value is -3.21. The first-order valence-corrected chi connectivity index (χ1v) is 10.7. The zero-order valence-electron chi connectivity index (χ0n) is 17.9. The number of anilines is 1. The van der Waals surface area contributed by atoms with Gasteiger partial charge in [-0.25, -0.2) is 9.69 Å². The number of esters is 1. The van der Waals surface area contributed by atoms with Crippen molar-refractivity contribution >= 4 is 23.5 Å². The van der Waals surface area contributed by atoms with Crippen LogP contribution in [0.15, 0.2) is 60.7 Å². The SMILES string of the molecule is CC(C)(C)c1ccc(OC(=O)c2cccc(N3C(=O)[C@@H]4[C@@H](C3=O)[C@H]3C=C[C@@H]4C3)c2)cc1. The lowest BCUT2D eigenvalue weighted by molar-refractivity contribution is -0.123. The van der Waals surface area contributed by atoms with Crippen molar-refractivity contribution in [1.29, 1.82) is 0 Å². The molecular weight excluding hydrogens is 390 g/mol. The van der Waals surface area contributed by atoms with E-state index < -0.39 is 5.97 Å². The zero-order chi connectivity index (χ0) is 21.9. The molecular formula is C26H25NO4. The number of ether oxygens (including phenoxy) is 1. The van der Waals surface area contributed by atoms with Gasteiger partial charge in [0.15, 0.2) is 0 Å². The average molecular weight is 415 g/mol. The van der Waals surface area contributed by atoms with Crippen molar-refractivity contribution in [3.05, 3.63) is 71.8 Å². The number of rotatable bonds is 3. The number of allylic oxidation sites excluding steroid dienone is 2. The molecule has 5 rings (SSSR count). The molecule has 2 aromatic carbocycles. The van der Waals surface area contributed by atoms with Gasteiger partial charge in [0.25, 0.3) is 0 Å². The number of hydrogen-bond acceptors (Lipinski definition) is 4. The van der Waals surface area contributed by atoms with E-state index in [2.05, 4.69) is 32.9 Å². The Kier molecular flexibility index (Phi) is 4.40. The Morgan fingerprint density at radius 1 is 0.935 bits per heavy atom. The molecule has 2 amide bonds. The topological polar surface area (TPSA) is 63.7 Å². The fraction of sp³-hybridized carbons (Fsp3) is 0.346. The van der Waals surface area contributed by atoms with Crippen molar-refractivity contribution in [3.63, 3.8) is 0 Å². The Labute approximate surface area is 181 Å². The van der Waals surface area contributed by atoms with Gasteiger partial charge in [0, 0.05) is 0 Å². The summed E-state index contributed by atoms with van der Waals surface area (Å²) in [5, 5.41) is 0. The smallest absolute Gasteiger partial charge is 0.343 e. The van der Waals surface area contributed by atoms with E-state index in [9.17, 15) is 14.4 Å². The predicted octanol–water partition coefficient (Wildman–Crippen LogP) is 4.51. The van der Waals surface area contributed by atoms with E-state index in [4.69, 9.17) is 4.74 Å². The molecule has 0 radical (unpaired) electrons. The van der Waals surface area contributed by atoms with Gasteiger partial charge in [0.1, 0.15) is 5.75 Å². The molecule has 2 fully saturated rings. The molecule has 2 aromatic rings. The summed E-state index contributed by atoms with van der Waals surface area (Å²) in [6.07, 6.45) is 5.03. The summed E-state index contributed by atoms with van der Waals surface area (Å²) in [7, 11) is 0. The maximum absolute atomic E-state index is 13.0. The second-order valence-electron chi connectivity index (χ2n) is 9.73. The number of imide groups is 1. The van der Waals surface area contributed by atoms with Crippen molar-refractivity contribution in [2.45, 2.75) is 32.6 Å². The molecule has 1 aliphatic heterocycles. The van der Waals surface area contributed by atoms with Crippen LogP contribution < -0.4 is 9.64 Å². The van der Waals surface area contributed by atoms with Gasteiger partial charge in [0.05, 0.1) is 23.1 Å². The molecule has 2 aliphatic carbocycles. The second kappa shape index (κ2) is 6.91. The number of hydrogen-bond donors (Lipinski definition) is 0. The minimum absolute atomic E-state index is 0.0129. The number of fused-ring (bicyclic) bond motifs is 5. The lowest BCUT2D eigenvalue weighted by Crippen LogP contribution is -2.33. The zero-order valence-corrected chi connectivity index (χ0v) is 17.9. The first kappa shape index (κ1) is 19.7. The maximum Gasteiger partial charge on any atom is 0.343 e. The van der Waals surface area contributed by atoms with Gasteiger partial charge in [-0.2, -0.15) is 0 Å². The third-order valence-electron chi connectivity index (χ3n) is 6.74. The summed E-state index contributed by atoms with van der Waals surface area (Å²) < 4.78 is 5.52. The van der Waals surface area contributed by atoms with Crippen LogP contribution in [-0.2, 0) is 15.0 Å². The van der Waals surface area contributed by atoms with Crippen molar-refractivity contribution in [3.8, 4) is 5.75 Å². The molecule has 3 aliphatic rings. The number of benzene rings is 2. The Morgan fingerprint density at radius 2 is 1.55 bits per heavy atom. The van der Waals surface area contributed by atoms with E-state index in [0.29, 0.717) is 17.0 Å². The molecule has 31 heavy (non-hydrogen) atoms. The standard InChI is InChI=1S/C26H25NO4/c1-26(2,3)18-9-11-20(12-10-18)31-25(30)17-5-4-6-19(14-17)27-23(28)21-15-7-8-16(13-15)22(21)24(27)29/h4-12,14-16,21-22H,13H2,1-3H3/t15-,16+,21-,22-/m0/s1. The van der Waals surface area contributed by atoms with Gasteiger partial charge in [-0.1, -0.05) is 51.1 Å². The molecule has 0 aromatic heterocycles. The van der Waals surface area contributed by atoms with Crippen LogP contribution in [0.2, 0.25) is 0 Å². The van der Waals surface area contributed by atoms with Crippen LogP contribution in [-0.4, -0.2) is 17.8 Å². The van der Waals surface area contributed by atoms with Gasteiger partial charge in [0.2, 0.25) is 11.8 Å². The summed E-state index contributed by atoms with van der Waals surface area (Å²) >= 11 is 0. The fourth-order valence-electron chi connectivity index (χ4n) is 5.12. The first-order chi connectivity index (χ1) is 14.7. The van der Waals surface area contributed by atoms with Crippen LogP contribution in [0.25, 0.3) is 0 Å². The highest BCUT2D eigenvalue weighted by Gasteiger charge is 2.59. The molecule has 5 heteroatoms. The van der Waals surface area contributed by atoms with Crippen LogP contribution in [0.4, 0.5) is 5.69 Å². The summed E-state index contributed by atoms with van der Waals surface area (Å²) in [6, 6.07) is 14.0. The number of carbonyl (C=O) groups is 3. The molecule has 0 N–H and O–H groups in total. The third kappa shape index (κ3) is 3.19. The summed E-state index contributed by atoms with van der Waals surface area (Å²) in [5.41, 5.74) is 1.89. The van der Waals surface area contributed by atoms with Crippen molar-refractivity contribution in [1.82, 2.24) is 0 Å². The minimum atomic E-state index is -0.522. The molecule has 1 saturated carbocycles. The number of amides is 2. The predicted molar refractivity (Wildman–Crippen MR) is 117 cm³/mol. The van der Waals surface area contributed by atoms with E-state index in [1.54, 1.807) is 36.4 Å². The maximum atomic E-state index is 13.0. The monoisotopic (exact) mass is 415 g/mol. The highest BCUT2D eigenvalue weighted by atomic mass is 16.5. The van der Waals surface area contributed by atoms with Crippen LogP contribution >= 0.6 is 0 Å². The largest absolute Gasteiger partial charge is 0.423 e. The molecule has 158 valence electrons. The fourth-order valence-corrected chi connectivity index (χ4v) is 5.12. The van der Waals surface area contributed by atoms with E-state index in [1.807, 2.05) is 12.1 Å². The molecule has 1 heterocycles. The van der Waals surface area contributed by atoms with E-state index in [0.717, 1.165) is 12.0 Å². The van der Waals surface area contributed by atoms with E-state index in [1.165, 1.54) is 4.90 Å². The van der Waals surface area contributed by atoms with Gasteiger partial charge in [-0.05, 0) is 59.6 Å². The van der Waals surface area contributed by atoms with Crippen molar-refractivity contribution < 1.29 is 19.1 Å². The molecule has 2 bridgehead atoms. The van der Waals surface area contributed by atoms with Gasteiger partial charge < -0.3 is 4.74 Å². The molecule has 5 nitrogen and oxygen atoms in total. The first-order valence-electron chi connectivity index (χ1n) is 10.7. The molecule has 0 spiro atoms. The lowest BCUT2D eigenvalue weighted by atomic mass is 9.85. The normalized spacial score (nSPS) is 26.5. The summed E-state index contributed by atoms with van der Waals surface area (Å²) in [6.45, 7) is 6.36. The van der Waals surface area contributed by atoms with E-state index in [-0.39, 0.29) is 40.9 Å². The number of carbonyl (C=O) groups excluding carboxylic acids is 3. The van der Waals surface area contributed by atoms with Crippen LogP contribution in [0.3, 0.4) is 0 Å². The highest BCUT2D eigenvalue weighted by molar-refractivity contribution is 6.23. The summed E-state index contributed by atoms with van der Waals surface area (Å²) in [4.78, 5) is 40.0. The highest BCUT2D eigenvalue weighted by Crippen LogP contribution is 2.53. The minimum Gasteiger partial charge on any atom is -0.423 e. The van der Waals surface area contributed by atoms with Gasteiger partial charge >= 0.3 is 5.97 Å². The van der Waals surface area contributed by atoms with E-state index >= 15 is 0 Å². The number of nitrogens with zero attached hydrogens (tertiary/aromatic N) is 1. The second-order valence-corrected chi connectivity index (χ2v) is 9.73. The Morgan fingerprint density at radius 3 is 2.13 bits per heavy atom. The lowest BCUT2D eigenvalue weighted by Gasteiger charge is -2.19. The molecule has 4 atom stereocenters. The summed E-state index contributed by atoms with van der Waals surface area (Å²) in [5.74, 6) is -0.606. The Balaban J connectivity index is 1.35. The van der Waals surface area contributed by atoms with Crippen LogP contribution in [0.1, 0.15) is 43.1 Å². The van der Waals surface area contributed by atoms with Crippen LogP contribution in [0.5, 0.6) is 5.75 Å². The Bertz CT molecular complexity index is 1080. The third-order valence-corrected chi connectivity index (χ3v) is 6.74. The van der Waals surface area contributed by atoms with Crippen molar-refractivity contribution in [2.75, 3.05) is 4.90 Å². The van der Waals surface area contributed by atoms with Crippen LogP contribution in [0, 0.1) is 23.7 Å².